The minimum absolute atomic E-state index is 0.273. The highest BCUT2D eigenvalue weighted by Gasteiger charge is 2.04. The SMILES string of the molecule is CNC(=O)O/N=C(\C)C(C)SC. The molecule has 12 heavy (non-hydrogen) atoms. The number of hydrogen-bond donors (Lipinski definition) is 1. The van der Waals surface area contributed by atoms with Crippen LogP contribution < -0.4 is 5.32 Å². The van der Waals surface area contributed by atoms with Gasteiger partial charge in [0, 0.05) is 12.3 Å². The summed E-state index contributed by atoms with van der Waals surface area (Å²) in [5, 5.41) is 6.22. The summed E-state index contributed by atoms with van der Waals surface area (Å²) >= 11 is 1.65. The molecule has 5 heteroatoms. The van der Waals surface area contributed by atoms with Crippen LogP contribution in [0, 0.1) is 0 Å². The summed E-state index contributed by atoms with van der Waals surface area (Å²) in [5.41, 5.74) is 0.797. The van der Waals surface area contributed by atoms with Gasteiger partial charge >= 0.3 is 6.09 Å². The number of carbonyl (C=O) groups is 1. The van der Waals surface area contributed by atoms with Crippen LogP contribution in [0.4, 0.5) is 4.79 Å². The molecule has 0 saturated carbocycles. The molecule has 0 fully saturated rings. The van der Waals surface area contributed by atoms with Gasteiger partial charge in [0.1, 0.15) is 0 Å². The summed E-state index contributed by atoms with van der Waals surface area (Å²) in [6.07, 6.45) is 1.44. The zero-order valence-corrected chi connectivity index (χ0v) is 8.57. The summed E-state index contributed by atoms with van der Waals surface area (Å²) in [7, 11) is 1.49. The van der Waals surface area contributed by atoms with E-state index in [0.29, 0.717) is 0 Å². The van der Waals surface area contributed by atoms with Gasteiger partial charge in [-0.05, 0) is 20.1 Å². The van der Waals surface area contributed by atoms with Crippen molar-refractivity contribution in [1.82, 2.24) is 5.32 Å². The zero-order chi connectivity index (χ0) is 9.56. The Kier molecular flexibility index (Phi) is 5.53. The van der Waals surface area contributed by atoms with Crippen LogP contribution in [0.3, 0.4) is 0 Å². The van der Waals surface area contributed by atoms with Gasteiger partial charge in [0.25, 0.3) is 0 Å². The summed E-state index contributed by atoms with van der Waals surface area (Å²) < 4.78 is 0. The zero-order valence-electron chi connectivity index (χ0n) is 7.75. The molecule has 1 unspecified atom stereocenters. The lowest BCUT2D eigenvalue weighted by atomic mass is 10.3. The number of amides is 1. The molecule has 0 saturated heterocycles. The van der Waals surface area contributed by atoms with E-state index in [4.69, 9.17) is 0 Å². The van der Waals surface area contributed by atoms with Gasteiger partial charge in [-0.15, -0.1) is 0 Å². The molecule has 0 aliphatic carbocycles. The van der Waals surface area contributed by atoms with Gasteiger partial charge < -0.3 is 5.32 Å². The van der Waals surface area contributed by atoms with Crippen LogP contribution in [0.1, 0.15) is 13.8 Å². The lowest BCUT2D eigenvalue weighted by Crippen LogP contribution is -2.18. The Morgan fingerprint density at radius 3 is 2.67 bits per heavy atom. The van der Waals surface area contributed by atoms with Crippen LogP contribution in [0.5, 0.6) is 0 Å². The first-order valence-corrected chi connectivity index (χ1v) is 4.86. The third-order valence-corrected chi connectivity index (χ3v) is 2.47. The van der Waals surface area contributed by atoms with Gasteiger partial charge in [0.05, 0.1) is 5.71 Å². The van der Waals surface area contributed by atoms with Crippen LogP contribution in [0.25, 0.3) is 0 Å². The number of oxime groups is 1. The molecule has 0 spiro atoms. The molecule has 1 amide bonds. The second-order valence-electron chi connectivity index (χ2n) is 2.24. The van der Waals surface area contributed by atoms with Crippen molar-refractivity contribution in [3.8, 4) is 0 Å². The van der Waals surface area contributed by atoms with E-state index in [1.54, 1.807) is 11.8 Å². The predicted octanol–water partition coefficient (Wildman–Crippen LogP) is 1.47. The fraction of sp³-hybridized carbons (Fsp3) is 0.714. The molecule has 0 aromatic carbocycles. The standard InChI is InChI=1S/C7H14N2O2S/c1-5(6(2)12-4)9-11-7(10)8-3/h6H,1-4H3,(H,8,10)/b9-5+. The van der Waals surface area contributed by atoms with Crippen LogP contribution in [0.15, 0.2) is 5.16 Å². The fourth-order valence-electron chi connectivity index (χ4n) is 0.404. The predicted molar refractivity (Wildman–Crippen MR) is 51.6 cm³/mol. The first-order valence-electron chi connectivity index (χ1n) is 3.57. The molecule has 1 atom stereocenters. The van der Waals surface area contributed by atoms with Gasteiger partial charge in [0.15, 0.2) is 0 Å². The molecule has 0 aromatic rings. The van der Waals surface area contributed by atoms with Crippen LogP contribution in [-0.4, -0.2) is 30.4 Å². The van der Waals surface area contributed by atoms with E-state index in [1.807, 2.05) is 20.1 Å². The Labute approximate surface area is 76.7 Å². The molecule has 0 aliphatic heterocycles. The molecular weight excluding hydrogens is 176 g/mol. The van der Waals surface area contributed by atoms with E-state index in [0.717, 1.165) is 5.71 Å². The van der Waals surface area contributed by atoms with E-state index in [1.165, 1.54) is 7.05 Å². The maximum absolute atomic E-state index is 10.6. The van der Waals surface area contributed by atoms with Gasteiger partial charge in [-0.25, -0.2) is 4.79 Å². The third kappa shape index (κ3) is 4.23. The molecule has 1 N–H and O–H groups in total. The monoisotopic (exact) mass is 190 g/mol. The van der Waals surface area contributed by atoms with Crippen molar-refractivity contribution < 1.29 is 9.63 Å². The van der Waals surface area contributed by atoms with E-state index >= 15 is 0 Å². The first-order chi connectivity index (χ1) is 5.61. The topological polar surface area (TPSA) is 50.7 Å². The molecule has 0 rings (SSSR count). The highest BCUT2D eigenvalue weighted by Crippen LogP contribution is 2.06. The number of carbonyl (C=O) groups excluding carboxylic acids is 1. The Morgan fingerprint density at radius 1 is 1.67 bits per heavy atom. The second-order valence-corrected chi connectivity index (χ2v) is 3.42. The smallest absolute Gasteiger partial charge is 0.323 e. The molecule has 70 valence electrons. The largest absolute Gasteiger partial charge is 0.433 e. The Hall–Kier alpha value is -0.710. The molecule has 0 aromatic heterocycles. The van der Waals surface area contributed by atoms with Crippen molar-refractivity contribution in [2.75, 3.05) is 13.3 Å². The van der Waals surface area contributed by atoms with Crippen molar-refractivity contribution in [2.24, 2.45) is 5.16 Å². The summed E-state index contributed by atoms with van der Waals surface area (Å²) in [4.78, 5) is 15.1. The Balaban J connectivity index is 3.91. The average Bonchev–Trinajstić information content (AvgIpc) is 2.11. The first kappa shape index (κ1) is 11.3. The van der Waals surface area contributed by atoms with Crippen LogP contribution >= 0.6 is 11.8 Å². The third-order valence-electron chi connectivity index (χ3n) is 1.42. The molecule has 0 heterocycles. The molecule has 0 bridgehead atoms. The molecule has 4 nitrogen and oxygen atoms in total. The normalized spacial score (nSPS) is 13.8. The fourth-order valence-corrected chi connectivity index (χ4v) is 0.788. The highest BCUT2D eigenvalue weighted by molar-refractivity contribution is 7.99. The number of nitrogens with zero attached hydrogens (tertiary/aromatic N) is 1. The van der Waals surface area contributed by atoms with Gasteiger partial charge in [0.2, 0.25) is 0 Å². The van der Waals surface area contributed by atoms with E-state index in [-0.39, 0.29) is 5.25 Å². The summed E-state index contributed by atoms with van der Waals surface area (Å²) in [6.45, 7) is 3.82. The Bertz CT molecular complexity index is 182. The number of hydrogen-bond acceptors (Lipinski definition) is 4. The van der Waals surface area contributed by atoms with Crippen LogP contribution in [0.2, 0.25) is 0 Å². The maximum Gasteiger partial charge on any atom is 0.433 e. The van der Waals surface area contributed by atoms with Crippen molar-refractivity contribution in [3.05, 3.63) is 0 Å². The lowest BCUT2D eigenvalue weighted by molar-refractivity contribution is 0.153. The average molecular weight is 190 g/mol. The number of rotatable bonds is 3. The summed E-state index contributed by atoms with van der Waals surface area (Å²) in [6, 6.07) is 0. The lowest BCUT2D eigenvalue weighted by Gasteiger charge is -2.05. The van der Waals surface area contributed by atoms with E-state index < -0.39 is 6.09 Å². The van der Waals surface area contributed by atoms with Crippen molar-refractivity contribution in [3.63, 3.8) is 0 Å². The van der Waals surface area contributed by atoms with Gasteiger partial charge in [-0.2, -0.15) is 11.8 Å². The minimum atomic E-state index is -0.539. The molecule has 0 radical (unpaired) electrons. The molecule has 0 aliphatic rings. The van der Waals surface area contributed by atoms with E-state index in [2.05, 4.69) is 15.3 Å². The number of thioether (sulfide) groups is 1. The van der Waals surface area contributed by atoms with Gasteiger partial charge in [-0.1, -0.05) is 5.16 Å². The van der Waals surface area contributed by atoms with Crippen molar-refractivity contribution >= 4 is 23.6 Å². The second kappa shape index (κ2) is 5.88. The highest BCUT2D eigenvalue weighted by atomic mass is 32.2. The van der Waals surface area contributed by atoms with Gasteiger partial charge in [-0.3, -0.25) is 4.84 Å². The maximum atomic E-state index is 10.6. The minimum Gasteiger partial charge on any atom is -0.323 e. The molecular formula is C7H14N2O2S. The van der Waals surface area contributed by atoms with Crippen LogP contribution in [-0.2, 0) is 4.84 Å². The summed E-state index contributed by atoms with van der Waals surface area (Å²) in [5.74, 6) is 0. The Morgan fingerprint density at radius 2 is 2.25 bits per heavy atom. The quantitative estimate of drug-likeness (QED) is 0.416. The van der Waals surface area contributed by atoms with E-state index in [9.17, 15) is 4.79 Å². The number of nitrogens with one attached hydrogen (secondary N) is 1. The van der Waals surface area contributed by atoms with Crippen molar-refractivity contribution in [1.29, 1.82) is 0 Å². The van der Waals surface area contributed by atoms with Crippen molar-refractivity contribution in [2.45, 2.75) is 19.1 Å².